The summed E-state index contributed by atoms with van der Waals surface area (Å²) in [6.45, 7) is 0.761. The lowest BCUT2D eigenvalue weighted by Crippen LogP contribution is -2.32. The van der Waals surface area contributed by atoms with Crippen molar-refractivity contribution >= 4 is 11.9 Å². The van der Waals surface area contributed by atoms with Gasteiger partial charge in [0.2, 0.25) is 5.91 Å². The van der Waals surface area contributed by atoms with Gasteiger partial charge in [-0.3, -0.25) is 9.59 Å². The Balaban J connectivity index is 1.71. The molecule has 1 amide bonds. The number of rotatable bonds is 9. The summed E-state index contributed by atoms with van der Waals surface area (Å²) >= 11 is 0. The van der Waals surface area contributed by atoms with Gasteiger partial charge in [0.05, 0.1) is 6.04 Å². The van der Waals surface area contributed by atoms with E-state index >= 15 is 0 Å². The van der Waals surface area contributed by atoms with E-state index in [1.807, 2.05) is 35.2 Å². The molecule has 1 aromatic carbocycles. The fraction of sp³-hybridized carbons (Fsp3) is 0.455. The van der Waals surface area contributed by atoms with E-state index in [1.54, 1.807) is 0 Å². The van der Waals surface area contributed by atoms with Gasteiger partial charge in [-0.25, -0.2) is 0 Å². The molecule has 1 aliphatic rings. The number of aliphatic carboxylic acids is 1. The first-order valence-electron chi connectivity index (χ1n) is 9.38. The quantitative estimate of drug-likeness (QED) is 0.414. The fourth-order valence-corrected chi connectivity index (χ4v) is 3.12. The second kappa shape index (κ2) is 11.1. The zero-order chi connectivity index (χ0) is 18.6. The highest BCUT2D eigenvalue weighted by molar-refractivity contribution is 5.79. The maximum Gasteiger partial charge on any atom is 0.303 e. The molecule has 0 spiro atoms. The molecule has 2 rings (SSSR count). The molecular weight excluding hydrogens is 326 g/mol. The smallest absolute Gasteiger partial charge is 0.303 e. The third-order valence-corrected chi connectivity index (χ3v) is 4.50. The van der Waals surface area contributed by atoms with Gasteiger partial charge in [-0.1, -0.05) is 55.0 Å². The van der Waals surface area contributed by atoms with Crippen molar-refractivity contribution in [2.45, 2.75) is 57.4 Å². The molecule has 1 heterocycles. The first kappa shape index (κ1) is 19.8. The summed E-state index contributed by atoms with van der Waals surface area (Å²) in [5, 5.41) is 8.63. The number of carboxylic acids is 1. The van der Waals surface area contributed by atoms with Gasteiger partial charge in [0.15, 0.2) is 0 Å². The number of likely N-dealkylation sites (tertiary alicyclic amines) is 1. The van der Waals surface area contributed by atoms with Crippen molar-refractivity contribution in [1.29, 1.82) is 0 Å². The number of amides is 1. The van der Waals surface area contributed by atoms with E-state index in [2.05, 4.69) is 24.0 Å². The van der Waals surface area contributed by atoms with E-state index in [4.69, 9.17) is 5.11 Å². The second-order valence-electron chi connectivity index (χ2n) is 6.55. The van der Waals surface area contributed by atoms with E-state index in [0.29, 0.717) is 19.3 Å². The zero-order valence-corrected chi connectivity index (χ0v) is 15.2. The number of benzene rings is 1. The van der Waals surface area contributed by atoms with Crippen LogP contribution in [0.2, 0.25) is 0 Å². The molecule has 26 heavy (non-hydrogen) atoms. The topological polar surface area (TPSA) is 57.6 Å². The van der Waals surface area contributed by atoms with Crippen LogP contribution in [-0.4, -0.2) is 34.5 Å². The van der Waals surface area contributed by atoms with Crippen molar-refractivity contribution in [3.63, 3.8) is 0 Å². The van der Waals surface area contributed by atoms with Gasteiger partial charge < -0.3 is 10.0 Å². The van der Waals surface area contributed by atoms with Crippen molar-refractivity contribution < 1.29 is 14.7 Å². The van der Waals surface area contributed by atoms with E-state index in [-0.39, 0.29) is 18.4 Å². The number of nitrogens with zero attached hydrogens (tertiary/aromatic N) is 1. The summed E-state index contributed by atoms with van der Waals surface area (Å²) < 4.78 is 0. The Hall–Kier alpha value is -2.54. The SMILES string of the molecule is O=C(O)CCCCCCN1C(=O)CCC1/C=C/CC#Cc1ccccc1. The van der Waals surface area contributed by atoms with Crippen LogP contribution >= 0.6 is 0 Å². The number of allylic oxidation sites excluding steroid dienone is 1. The first-order chi connectivity index (χ1) is 12.7. The molecule has 1 unspecified atom stereocenters. The third kappa shape index (κ3) is 7.14. The average molecular weight is 353 g/mol. The Morgan fingerprint density at radius 3 is 2.73 bits per heavy atom. The van der Waals surface area contributed by atoms with Crippen LogP contribution in [0, 0.1) is 11.8 Å². The number of carbonyl (C=O) groups excluding carboxylic acids is 1. The Labute approximate surface area is 155 Å². The molecule has 1 atom stereocenters. The molecule has 1 saturated heterocycles. The molecule has 1 aliphatic heterocycles. The van der Waals surface area contributed by atoms with Crippen LogP contribution in [0.3, 0.4) is 0 Å². The zero-order valence-electron chi connectivity index (χ0n) is 15.2. The Bertz CT molecular complexity index is 670. The summed E-state index contributed by atoms with van der Waals surface area (Å²) in [4.78, 5) is 24.5. The van der Waals surface area contributed by atoms with E-state index in [1.165, 1.54) is 0 Å². The summed E-state index contributed by atoms with van der Waals surface area (Å²) in [6.07, 6.45) is 10.1. The number of carboxylic acid groups (broad SMARTS) is 1. The lowest BCUT2D eigenvalue weighted by Gasteiger charge is -2.22. The van der Waals surface area contributed by atoms with Crippen LogP contribution in [0.4, 0.5) is 0 Å². The van der Waals surface area contributed by atoms with Gasteiger partial charge in [-0.2, -0.15) is 0 Å². The van der Waals surface area contributed by atoms with E-state index in [0.717, 1.165) is 37.8 Å². The fourth-order valence-electron chi connectivity index (χ4n) is 3.12. The molecule has 1 N–H and O–H groups in total. The largest absolute Gasteiger partial charge is 0.481 e. The van der Waals surface area contributed by atoms with Crippen molar-refractivity contribution in [3.8, 4) is 11.8 Å². The average Bonchev–Trinajstić information content (AvgIpc) is 2.98. The standard InChI is InChI=1S/C22H27NO3/c24-21-17-16-20(23(21)18-10-2-1-9-15-22(25)26)14-8-4-7-13-19-11-5-3-6-12-19/h3,5-6,8,11-12,14,20H,1-2,4,9-10,15-18H2,(H,25,26)/b14-8+. The Kier molecular flexibility index (Phi) is 8.48. The molecule has 0 aliphatic carbocycles. The predicted octanol–water partition coefficient (Wildman–Crippen LogP) is 4.01. The minimum Gasteiger partial charge on any atom is -0.481 e. The minimum absolute atomic E-state index is 0.181. The molecule has 4 heteroatoms. The molecular formula is C22H27NO3. The van der Waals surface area contributed by atoms with Gasteiger partial charge in [-0.05, 0) is 31.4 Å². The van der Waals surface area contributed by atoms with Gasteiger partial charge in [-0.15, -0.1) is 0 Å². The molecule has 1 fully saturated rings. The van der Waals surface area contributed by atoms with Gasteiger partial charge in [0.1, 0.15) is 0 Å². The third-order valence-electron chi connectivity index (χ3n) is 4.50. The number of hydrogen-bond donors (Lipinski definition) is 1. The van der Waals surface area contributed by atoms with Crippen molar-refractivity contribution in [1.82, 2.24) is 4.90 Å². The van der Waals surface area contributed by atoms with Gasteiger partial charge >= 0.3 is 5.97 Å². The highest BCUT2D eigenvalue weighted by Gasteiger charge is 2.28. The highest BCUT2D eigenvalue weighted by Crippen LogP contribution is 2.21. The van der Waals surface area contributed by atoms with Crippen LogP contribution < -0.4 is 0 Å². The van der Waals surface area contributed by atoms with Crippen LogP contribution in [0.25, 0.3) is 0 Å². The number of hydrogen-bond acceptors (Lipinski definition) is 2. The number of unbranched alkanes of at least 4 members (excludes halogenated alkanes) is 3. The minimum atomic E-state index is -0.736. The first-order valence-corrected chi connectivity index (χ1v) is 9.38. The maximum atomic E-state index is 12.1. The molecule has 0 aromatic heterocycles. The summed E-state index contributed by atoms with van der Waals surface area (Å²) in [6, 6.07) is 10.1. The second-order valence-corrected chi connectivity index (χ2v) is 6.55. The summed E-state index contributed by atoms with van der Waals surface area (Å²) in [5.74, 6) is 5.75. The maximum absolute atomic E-state index is 12.1. The Morgan fingerprint density at radius 2 is 1.96 bits per heavy atom. The summed E-state index contributed by atoms with van der Waals surface area (Å²) in [7, 11) is 0. The van der Waals surface area contributed by atoms with Crippen LogP contribution in [0.15, 0.2) is 42.5 Å². The van der Waals surface area contributed by atoms with E-state index in [9.17, 15) is 9.59 Å². The predicted molar refractivity (Wildman–Crippen MR) is 103 cm³/mol. The van der Waals surface area contributed by atoms with E-state index < -0.39 is 5.97 Å². The Morgan fingerprint density at radius 1 is 1.19 bits per heavy atom. The lowest BCUT2D eigenvalue weighted by atomic mass is 10.1. The van der Waals surface area contributed by atoms with Crippen LogP contribution in [0.5, 0.6) is 0 Å². The monoisotopic (exact) mass is 353 g/mol. The summed E-state index contributed by atoms with van der Waals surface area (Å²) in [5.41, 5.74) is 1.02. The van der Waals surface area contributed by atoms with Crippen molar-refractivity contribution in [3.05, 3.63) is 48.0 Å². The highest BCUT2D eigenvalue weighted by atomic mass is 16.4. The molecule has 0 saturated carbocycles. The molecule has 138 valence electrons. The van der Waals surface area contributed by atoms with Gasteiger partial charge in [0.25, 0.3) is 0 Å². The van der Waals surface area contributed by atoms with Crippen molar-refractivity contribution in [2.24, 2.45) is 0 Å². The molecule has 1 aromatic rings. The van der Waals surface area contributed by atoms with Crippen LogP contribution in [0.1, 0.15) is 56.9 Å². The number of carbonyl (C=O) groups is 2. The molecule has 0 bridgehead atoms. The molecule has 4 nitrogen and oxygen atoms in total. The van der Waals surface area contributed by atoms with Crippen molar-refractivity contribution in [2.75, 3.05) is 6.54 Å². The normalized spacial score (nSPS) is 16.7. The molecule has 0 radical (unpaired) electrons. The van der Waals surface area contributed by atoms with Gasteiger partial charge in [0, 0.05) is 31.4 Å². The van der Waals surface area contributed by atoms with Crippen LogP contribution in [-0.2, 0) is 9.59 Å². The lowest BCUT2D eigenvalue weighted by molar-refractivity contribution is -0.137.